The number of thiocarbonyl (C=S) groups is 1. The molecule has 1 unspecified atom stereocenters. The Bertz CT molecular complexity index is 258. The van der Waals surface area contributed by atoms with Crippen molar-refractivity contribution in [1.29, 1.82) is 0 Å². The Kier molecular flexibility index (Phi) is 2.70. The SMILES string of the molecule is [B]N1C(=O)C(CC)C(=O)N(C)C1=S. The van der Waals surface area contributed by atoms with Gasteiger partial charge in [-0.3, -0.25) is 14.5 Å². The minimum Gasteiger partial charge on any atom is -0.346 e. The Morgan fingerprint density at radius 2 is 2.00 bits per heavy atom. The highest BCUT2D eigenvalue weighted by atomic mass is 32.1. The molecule has 1 fully saturated rings. The largest absolute Gasteiger partial charge is 0.346 e. The Hall–Kier alpha value is -0.905. The second-order valence-electron chi connectivity index (χ2n) is 2.85. The van der Waals surface area contributed by atoms with Crippen LogP contribution in [0.5, 0.6) is 0 Å². The molecule has 0 saturated carbocycles. The lowest BCUT2D eigenvalue weighted by atomic mass is 9.99. The van der Waals surface area contributed by atoms with Crippen LogP contribution in [0.1, 0.15) is 13.3 Å². The summed E-state index contributed by atoms with van der Waals surface area (Å²) >= 11 is 4.79. The molecule has 0 spiro atoms. The van der Waals surface area contributed by atoms with Gasteiger partial charge < -0.3 is 4.81 Å². The van der Waals surface area contributed by atoms with Crippen LogP contribution in [-0.4, -0.2) is 41.7 Å². The highest BCUT2D eigenvalue weighted by Gasteiger charge is 2.38. The molecule has 1 aliphatic rings. The molecule has 0 N–H and O–H groups in total. The van der Waals surface area contributed by atoms with Crippen molar-refractivity contribution >= 4 is 37.1 Å². The molecule has 1 rings (SSSR count). The molecule has 0 aromatic heterocycles. The van der Waals surface area contributed by atoms with Crippen LogP contribution in [0.2, 0.25) is 0 Å². The van der Waals surface area contributed by atoms with E-state index >= 15 is 0 Å². The number of amides is 2. The third kappa shape index (κ3) is 1.46. The minimum atomic E-state index is -0.679. The van der Waals surface area contributed by atoms with Gasteiger partial charge in [-0.05, 0) is 18.6 Å². The zero-order chi connectivity index (χ0) is 10.2. The first-order valence-corrected chi connectivity index (χ1v) is 4.31. The number of hydrogen-bond donors (Lipinski definition) is 0. The molecule has 0 aromatic rings. The average molecular weight is 196 g/mol. The summed E-state index contributed by atoms with van der Waals surface area (Å²) in [5, 5.41) is 0.0553. The predicted octanol–water partition coefficient (Wildman–Crippen LogP) is -0.318. The van der Waals surface area contributed by atoms with Gasteiger partial charge in [0.15, 0.2) is 5.11 Å². The second-order valence-corrected chi connectivity index (χ2v) is 3.21. The van der Waals surface area contributed by atoms with Gasteiger partial charge in [0, 0.05) is 7.05 Å². The Morgan fingerprint density at radius 3 is 2.46 bits per heavy atom. The zero-order valence-electron chi connectivity index (χ0n) is 7.48. The van der Waals surface area contributed by atoms with E-state index < -0.39 is 11.8 Å². The first-order chi connectivity index (χ1) is 6.00. The van der Waals surface area contributed by atoms with E-state index in [0.29, 0.717) is 6.42 Å². The molecule has 68 valence electrons. The second kappa shape index (κ2) is 3.45. The maximum absolute atomic E-state index is 11.5. The average Bonchev–Trinajstić information content (AvgIpc) is 2.13. The van der Waals surface area contributed by atoms with Crippen LogP contribution in [0.25, 0.3) is 0 Å². The summed E-state index contributed by atoms with van der Waals surface area (Å²) in [5.41, 5.74) is 0. The maximum Gasteiger partial charge on any atom is 0.241 e. The molecule has 1 atom stereocenters. The van der Waals surface area contributed by atoms with Crippen molar-refractivity contribution in [3.63, 3.8) is 0 Å². The summed E-state index contributed by atoms with van der Waals surface area (Å²) < 4.78 is 0. The van der Waals surface area contributed by atoms with Crippen molar-refractivity contribution < 1.29 is 9.59 Å². The first-order valence-electron chi connectivity index (χ1n) is 3.90. The minimum absolute atomic E-state index is 0.0553. The van der Waals surface area contributed by atoms with Gasteiger partial charge >= 0.3 is 0 Å². The van der Waals surface area contributed by atoms with E-state index in [2.05, 4.69) is 0 Å². The standard InChI is InChI=1S/C7H9BN2O2S/c1-3-4-5(11)9(2)7(13)10(8)6(4)12/h4H,3H2,1-2H3. The van der Waals surface area contributed by atoms with Gasteiger partial charge in [0.2, 0.25) is 19.8 Å². The number of rotatable bonds is 1. The van der Waals surface area contributed by atoms with Gasteiger partial charge in [-0.25, -0.2) is 0 Å². The van der Waals surface area contributed by atoms with E-state index in [0.717, 1.165) is 4.81 Å². The van der Waals surface area contributed by atoms with E-state index in [1.807, 2.05) is 0 Å². The normalized spacial score (nSPS) is 24.2. The van der Waals surface area contributed by atoms with Crippen LogP contribution in [0.4, 0.5) is 0 Å². The van der Waals surface area contributed by atoms with Gasteiger partial charge in [-0.2, -0.15) is 0 Å². The predicted molar refractivity (Wildman–Crippen MR) is 51.7 cm³/mol. The topological polar surface area (TPSA) is 40.6 Å². The lowest BCUT2D eigenvalue weighted by Crippen LogP contribution is -2.57. The van der Waals surface area contributed by atoms with E-state index in [9.17, 15) is 9.59 Å². The van der Waals surface area contributed by atoms with Crippen LogP contribution in [0.15, 0.2) is 0 Å². The molecular formula is C7H9BN2O2S. The van der Waals surface area contributed by atoms with Crippen LogP contribution < -0.4 is 0 Å². The highest BCUT2D eigenvalue weighted by Crippen LogP contribution is 2.17. The van der Waals surface area contributed by atoms with E-state index in [1.165, 1.54) is 11.9 Å². The van der Waals surface area contributed by atoms with Crippen molar-refractivity contribution in [3.05, 3.63) is 0 Å². The first kappa shape index (κ1) is 10.2. The van der Waals surface area contributed by atoms with E-state index in [1.54, 1.807) is 6.92 Å². The molecule has 1 heterocycles. The fourth-order valence-electron chi connectivity index (χ4n) is 1.21. The molecule has 2 amide bonds. The Morgan fingerprint density at radius 1 is 1.46 bits per heavy atom. The molecule has 13 heavy (non-hydrogen) atoms. The van der Waals surface area contributed by atoms with Crippen molar-refractivity contribution in [2.24, 2.45) is 5.92 Å². The van der Waals surface area contributed by atoms with E-state index in [-0.39, 0.29) is 11.0 Å². The van der Waals surface area contributed by atoms with Crippen LogP contribution in [0.3, 0.4) is 0 Å². The Labute approximate surface area is 83.3 Å². The molecule has 1 aliphatic heterocycles. The van der Waals surface area contributed by atoms with Gasteiger partial charge in [-0.15, -0.1) is 0 Å². The van der Waals surface area contributed by atoms with Crippen LogP contribution in [0, 0.1) is 5.92 Å². The van der Waals surface area contributed by atoms with Gasteiger partial charge in [0.05, 0.1) is 0 Å². The third-order valence-corrected chi connectivity index (χ3v) is 2.54. The molecular weight excluding hydrogens is 187 g/mol. The number of nitrogens with zero attached hydrogens (tertiary/aromatic N) is 2. The summed E-state index contributed by atoms with van der Waals surface area (Å²) in [6.07, 6.45) is 0.443. The molecule has 1 saturated heterocycles. The summed E-state index contributed by atoms with van der Waals surface area (Å²) in [5.74, 6) is -1.38. The summed E-state index contributed by atoms with van der Waals surface area (Å²) in [4.78, 5) is 24.9. The monoisotopic (exact) mass is 196 g/mol. The van der Waals surface area contributed by atoms with Gasteiger partial charge in [0.25, 0.3) is 0 Å². The van der Waals surface area contributed by atoms with Crippen molar-refractivity contribution in [3.8, 4) is 0 Å². The number of hydrogen-bond acceptors (Lipinski definition) is 3. The smallest absolute Gasteiger partial charge is 0.241 e. The lowest BCUT2D eigenvalue weighted by molar-refractivity contribution is -0.143. The lowest BCUT2D eigenvalue weighted by Gasteiger charge is -2.35. The highest BCUT2D eigenvalue weighted by molar-refractivity contribution is 7.80. The summed E-state index contributed by atoms with van der Waals surface area (Å²) in [6.45, 7) is 1.76. The van der Waals surface area contributed by atoms with Crippen molar-refractivity contribution in [2.75, 3.05) is 7.05 Å². The molecule has 6 heteroatoms. The molecule has 0 aliphatic carbocycles. The summed E-state index contributed by atoms with van der Waals surface area (Å²) in [6, 6.07) is 0. The van der Waals surface area contributed by atoms with Gasteiger partial charge in [0.1, 0.15) is 5.92 Å². The van der Waals surface area contributed by atoms with Gasteiger partial charge in [-0.1, -0.05) is 6.92 Å². The fraction of sp³-hybridized carbons (Fsp3) is 0.571. The van der Waals surface area contributed by atoms with Crippen LogP contribution in [-0.2, 0) is 9.59 Å². The van der Waals surface area contributed by atoms with Crippen molar-refractivity contribution in [1.82, 2.24) is 9.71 Å². The quantitative estimate of drug-likeness (QED) is 0.328. The van der Waals surface area contributed by atoms with E-state index in [4.69, 9.17) is 20.2 Å². The van der Waals surface area contributed by atoms with Crippen LogP contribution >= 0.6 is 12.2 Å². The third-order valence-electron chi connectivity index (χ3n) is 2.07. The zero-order valence-corrected chi connectivity index (χ0v) is 8.30. The molecule has 0 bridgehead atoms. The Balaban J connectivity index is 2.99. The van der Waals surface area contributed by atoms with Crippen molar-refractivity contribution in [2.45, 2.75) is 13.3 Å². The molecule has 4 nitrogen and oxygen atoms in total. The maximum atomic E-state index is 11.5. The molecule has 0 aromatic carbocycles. The fourth-order valence-corrected chi connectivity index (χ4v) is 1.39. The number of carbonyl (C=O) groups excluding carboxylic acids is 2. The summed E-state index contributed by atoms with van der Waals surface area (Å²) in [7, 11) is 6.90. The molecule has 2 radical (unpaired) electrons. The number of carbonyl (C=O) groups is 2.